The molecular formula is C12H20ClN5O3. The van der Waals surface area contributed by atoms with Gasteiger partial charge in [0.2, 0.25) is 11.7 Å². The van der Waals surface area contributed by atoms with E-state index in [-0.39, 0.29) is 36.7 Å². The molecule has 2 atom stereocenters. The van der Waals surface area contributed by atoms with Gasteiger partial charge in [-0.3, -0.25) is 9.36 Å². The fraction of sp³-hybridized carbons (Fsp3) is 0.667. The van der Waals surface area contributed by atoms with Gasteiger partial charge in [-0.25, -0.2) is 0 Å². The van der Waals surface area contributed by atoms with Gasteiger partial charge in [-0.1, -0.05) is 6.42 Å². The first-order valence-corrected chi connectivity index (χ1v) is 6.69. The number of nitrogens with two attached hydrogens (primary N) is 1. The van der Waals surface area contributed by atoms with E-state index in [4.69, 9.17) is 5.73 Å². The molecule has 118 valence electrons. The van der Waals surface area contributed by atoms with Crippen LogP contribution in [0.15, 0.2) is 6.20 Å². The van der Waals surface area contributed by atoms with Crippen LogP contribution >= 0.6 is 12.4 Å². The maximum absolute atomic E-state index is 12.0. The molecule has 0 radical (unpaired) electrons. The Labute approximate surface area is 128 Å². The average molecular weight is 318 g/mol. The molecule has 0 spiro atoms. The van der Waals surface area contributed by atoms with Crippen molar-refractivity contribution in [2.45, 2.75) is 38.8 Å². The van der Waals surface area contributed by atoms with Crippen molar-refractivity contribution in [3.63, 3.8) is 0 Å². The van der Waals surface area contributed by atoms with Crippen molar-refractivity contribution >= 4 is 24.1 Å². The van der Waals surface area contributed by atoms with Crippen LogP contribution < -0.4 is 11.1 Å². The van der Waals surface area contributed by atoms with Crippen LogP contribution in [0.5, 0.6) is 0 Å². The van der Waals surface area contributed by atoms with Gasteiger partial charge in [0, 0.05) is 13.0 Å². The van der Waals surface area contributed by atoms with E-state index in [1.54, 1.807) is 6.92 Å². The summed E-state index contributed by atoms with van der Waals surface area (Å²) in [6.07, 6.45) is 4.33. The third-order valence-corrected chi connectivity index (χ3v) is 3.77. The summed E-state index contributed by atoms with van der Waals surface area (Å²) in [6, 6.07) is 0.117. The van der Waals surface area contributed by atoms with Crippen molar-refractivity contribution in [3.8, 4) is 0 Å². The zero-order valence-electron chi connectivity index (χ0n) is 11.8. The van der Waals surface area contributed by atoms with Crippen LogP contribution in [-0.4, -0.2) is 33.0 Å². The first kappa shape index (κ1) is 17.4. The lowest BCUT2D eigenvalue weighted by Crippen LogP contribution is -2.41. The highest BCUT2D eigenvalue weighted by molar-refractivity contribution is 5.85. The van der Waals surface area contributed by atoms with Crippen LogP contribution in [0.2, 0.25) is 0 Å². The zero-order chi connectivity index (χ0) is 14.7. The summed E-state index contributed by atoms with van der Waals surface area (Å²) in [4.78, 5) is 25.8. The van der Waals surface area contributed by atoms with E-state index >= 15 is 0 Å². The molecule has 1 fully saturated rings. The van der Waals surface area contributed by atoms with Crippen molar-refractivity contribution < 1.29 is 9.72 Å². The van der Waals surface area contributed by atoms with Gasteiger partial charge in [0.15, 0.2) is 0 Å². The predicted molar refractivity (Wildman–Crippen MR) is 79.2 cm³/mol. The maximum Gasteiger partial charge on any atom is 0.381 e. The molecule has 0 aliphatic heterocycles. The van der Waals surface area contributed by atoms with Crippen LogP contribution in [0.3, 0.4) is 0 Å². The lowest BCUT2D eigenvalue weighted by Gasteiger charge is -2.19. The normalized spacial score (nSPS) is 20.9. The fourth-order valence-electron chi connectivity index (χ4n) is 2.66. The van der Waals surface area contributed by atoms with E-state index in [2.05, 4.69) is 10.3 Å². The van der Waals surface area contributed by atoms with E-state index in [1.165, 1.54) is 10.8 Å². The molecule has 1 aromatic rings. The number of nitrogens with one attached hydrogen (secondary N) is 1. The van der Waals surface area contributed by atoms with Crippen LogP contribution in [0.1, 0.15) is 25.1 Å². The molecule has 1 aliphatic rings. The number of hydrogen-bond donors (Lipinski definition) is 2. The van der Waals surface area contributed by atoms with Crippen molar-refractivity contribution in [1.82, 2.24) is 14.9 Å². The van der Waals surface area contributed by atoms with E-state index in [0.717, 1.165) is 19.3 Å². The summed E-state index contributed by atoms with van der Waals surface area (Å²) in [6.45, 7) is 2.25. The number of carbonyl (C=O) groups is 1. The van der Waals surface area contributed by atoms with Gasteiger partial charge in [0.1, 0.15) is 12.7 Å². The summed E-state index contributed by atoms with van der Waals surface area (Å²) in [5, 5.41) is 13.6. The van der Waals surface area contributed by atoms with Gasteiger partial charge < -0.3 is 21.2 Å². The smallest absolute Gasteiger partial charge is 0.358 e. The zero-order valence-corrected chi connectivity index (χ0v) is 12.6. The number of carbonyl (C=O) groups excluding carboxylic acids is 1. The number of nitro groups is 1. The lowest BCUT2D eigenvalue weighted by atomic mass is 10.0. The minimum atomic E-state index is -0.567. The molecule has 3 N–H and O–H groups in total. The van der Waals surface area contributed by atoms with Gasteiger partial charge in [0.25, 0.3) is 0 Å². The third kappa shape index (κ3) is 4.15. The van der Waals surface area contributed by atoms with E-state index < -0.39 is 4.92 Å². The van der Waals surface area contributed by atoms with Gasteiger partial charge in [-0.05, 0) is 35.2 Å². The summed E-state index contributed by atoms with van der Waals surface area (Å²) < 4.78 is 1.49. The molecule has 1 saturated carbocycles. The highest BCUT2D eigenvalue weighted by Gasteiger charge is 2.27. The Morgan fingerprint density at radius 2 is 2.33 bits per heavy atom. The number of rotatable bonds is 5. The molecule has 1 amide bonds. The Hall–Kier alpha value is -1.67. The Morgan fingerprint density at radius 1 is 1.62 bits per heavy atom. The maximum atomic E-state index is 12.0. The van der Waals surface area contributed by atoms with Gasteiger partial charge in [-0.2, -0.15) is 0 Å². The molecule has 9 heteroatoms. The number of hydrogen-bond acceptors (Lipinski definition) is 5. The van der Waals surface area contributed by atoms with Crippen LogP contribution in [-0.2, 0) is 11.3 Å². The highest BCUT2D eigenvalue weighted by Crippen LogP contribution is 2.24. The standard InChI is InChI=1S/C12H19N5O3.ClH/c1-8-14-11(17(19)20)6-16(8)7-12(18)15-10-4-2-3-9(10)5-13;/h6,9-10H,2-5,7,13H2,1H3,(H,15,18);1H. The Bertz CT molecular complexity index is 519. The molecule has 21 heavy (non-hydrogen) atoms. The second-order valence-corrected chi connectivity index (χ2v) is 5.13. The molecule has 2 rings (SSSR count). The average Bonchev–Trinajstić information content (AvgIpc) is 2.97. The van der Waals surface area contributed by atoms with Crippen molar-refractivity contribution in [2.75, 3.05) is 6.54 Å². The largest absolute Gasteiger partial charge is 0.381 e. The van der Waals surface area contributed by atoms with Crippen molar-refractivity contribution in [3.05, 3.63) is 22.1 Å². The van der Waals surface area contributed by atoms with Crippen LogP contribution in [0.4, 0.5) is 5.82 Å². The number of halogens is 1. The van der Waals surface area contributed by atoms with Crippen LogP contribution in [0, 0.1) is 23.0 Å². The third-order valence-electron chi connectivity index (χ3n) is 3.77. The first-order chi connectivity index (χ1) is 9.51. The Morgan fingerprint density at radius 3 is 2.90 bits per heavy atom. The summed E-state index contributed by atoms with van der Waals surface area (Å²) in [5.41, 5.74) is 5.67. The summed E-state index contributed by atoms with van der Waals surface area (Å²) in [5.74, 6) is 0.382. The number of imidazole rings is 1. The molecular weight excluding hydrogens is 298 g/mol. The summed E-state index contributed by atoms with van der Waals surface area (Å²) >= 11 is 0. The minimum absolute atomic E-state index is 0. The molecule has 0 bridgehead atoms. The van der Waals surface area contributed by atoms with E-state index in [0.29, 0.717) is 18.3 Å². The SMILES string of the molecule is Cc1nc([N+](=O)[O-])cn1CC(=O)NC1CCCC1CN.Cl. The number of aryl methyl sites for hydroxylation is 1. The second kappa shape index (κ2) is 7.37. The molecule has 1 heterocycles. The number of amides is 1. The van der Waals surface area contributed by atoms with Crippen molar-refractivity contribution in [1.29, 1.82) is 0 Å². The lowest BCUT2D eigenvalue weighted by molar-refractivity contribution is -0.389. The minimum Gasteiger partial charge on any atom is -0.358 e. The topological polar surface area (TPSA) is 116 Å². The quantitative estimate of drug-likeness (QED) is 0.614. The van der Waals surface area contributed by atoms with Gasteiger partial charge >= 0.3 is 5.82 Å². The van der Waals surface area contributed by atoms with Crippen molar-refractivity contribution in [2.24, 2.45) is 11.7 Å². The Balaban J connectivity index is 0.00000220. The van der Waals surface area contributed by atoms with E-state index in [1.807, 2.05) is 0 Å². The highest BCUT2D eigenvalue weighted by atomic mass is 35.5. The molecule has 2 unspecified atom stereocenters. The molecule has 0 saturated heterocycles. The predicted octanol–water partition coefficient (Wildman–Crippen LogP) is 0.765. The number of aromatic nitrogens is 2. The Kier molecular flexibility index (Phi) is 6.10. The monoisotopic (exact) mass is 317 g/mol. The molecule has 1 aromatic heterocycles. The van der Waals surface area contributed by atoms with Gasteiger partial charge in [-0.15, -0.1) is 12.4 Å². The van der Waals surface area contributed by atoms with E-state index in [9.17, 15) is 14.9 Å². The molecule has 1 aliphatic carbocycles. The summed E-state index contributed by atoms with van der Waals surface area (Å²) in [7, 11) is 0. The van der Waals surface area contributed by atoms with Crippen LogP contribution in [0.25, 0.3) is 0 Å². The molecule has 0 aromatic carbocycles. The van der Waals surface area contributed by atoms with Gasteiger partial charge in [0.05, 0.1) is 0 Å². The molecule has 8 nitrogen and oxygen atoms in total. The first-order valence-electron chi connectivity index (χ1n) is 6.69. The number of nitrogens with zero attached hydrogens (tertiary/aromatic N) is 3. The second-order valence-electron chi connectivity index (χ2n) is 5.13. The fourth-order valence-corrected chi connectivity index (χ4v) is 2.66.